The van der Waals surface area contributed by atoms with Crippen molar-refractivity contribution in [3.63, 3.8) is 0 Å². The van der Waals surface area contributed by atoms with Crippen molar-refractivity contribution in [1.29, 1.82) is 0 Å². The Morgan fingerprint density at radius 2 is 1.08 bits per heavy atom. The summed E-state index contributed by atoms with van der Waals surface area (Å²) in [5, 5.41) is 0. The molecule has 0 aliphatic carbocycles. The average molecular weight is 677 g/mol. The Bertz CT molecular complexity index is 1940. The predicted octanol–water partition coefficient (Wildman–Crippen LogP) is 11.5. The van der Waals surface area contributed by atoms with Crippen LogP contribution in [0.4, 0.5) is 43.9 Å². The number of halogens is 10. The Morgan fingerprint density at radius 3 is 1.67 bits per heavy atom. The second-order valence-corrected chi connectivity index (χ2v) is 10.5. The molecule has 0 heterocycles. The molecule has 0 aliphatic heterocycles. The molecule has 0 atom stereocenters. The van der Waals surface area contributed by atoms with Gasteiger partial charge < -0.3 is 9.47 Å². The van der Waals surface area contributed by atoms with Crippen LogP contribution in [0.5, 0.6) is 11.5 Å². The summed E-state index contributed by atoms with van der Waals surface area (Å²) in [4.78, 5) is 0. The van der Waals surface area contributed by atoms with E-state index in [1.165, 1.54) is 12.1 Å². The number of benzene rings is 5. The lowest BCUT2D eigenvalue weighted by atomic mass is 9.97. The summed E-state index contributed by atoms with van der Waals surface area (Å²) >= 11 is 0. The van der Waals surface area contributed by atoms with E-state index in [4.69, 9.17) is 0 Å². The van der Waals surface area contributed by atoms with Gasteiger partial charge in [0.1, 0.15) is 34.6 Å². The second-order valence-electron chi connectivity index (χ2n) is 10.5. The first-order valence-electron chi connectivity index (χ1n) is 14.1. The quantitative estimate of drug-likeness (QED) is 0.108. The second kappa shape index (κ2) is 13.5. The zero-order valence-electron chi connectivity index (χ0n) is 24.5. The van der Waals surface area contributed by atoms with Gasteiger partial charge in [0.15, 0.2) is 11.6 Å². The van der Waals surface area contributed by atoms with E-state index in [0.29, 0.717) is 41.5 Å². The minimum atomic E-state index is -5.18. The van der Waals surface area contributed by atoms with Crippen LogP contribution >= 0.6 is 0 Å². The minimum absolute atomic E-state index is 0.262. The van der Waals surface area contributed by atoms with Crippen LogP contribution in [0, 0.1) is 29.1 Å². The van der Waals surface area contributed by atoms with Gasteiger partial charge in [0.25, 0.3) is 0 Å². The molecule has 5 aromatic carbocycles. The van der Waals surface area contributed by atoms with Gasteiger partial charge >= 0.3 is 12.5 Å². The molecule has 0 bridgehead atoms. The Balaban J connectivity index is 1.35. The molecule has 248 valence electrons. The maximum absolute atomic E-state index is 15.1. The summed E-state index contributed by atoms with van der Waals surface area (Å²) in [7, 11) is 0. The Kier molecular flexibility index (Phi) is 9.56. The van der Waals surface area contributed by atoms with Gasteiger partial charge in [0, 0.05) is 17.2 Å². The highest BCUT2D eigenvalue weighted by molar-refractivity contribution is 5.72. The molecule has 0 fully saturated rings. The maximum Gasteiger partial charge on any atom is 0.573 e. The molecule has 0 spiro atoms. The van der Waals surface area contributed by atoms with Gasteiger partial charge in [-0.2, -0.15) is 8.78 Å². The molecule has 0 radical (unpaired) electrons. The molecule has 0 unspecified atom stereocenters. The SMILES string of the molecule is C=CCCc1ccc(-c2ccc(-c3cc(F)c(C(F)(F)Oc4ccc(-c5ccc(OC(F)(F)F)c(F)c5)c(F)c4)c(F)c3)c(F)c2)cc1. The number of allylic oxidation sites excluding steroid dienone is 1. The van der Waals surface area contributed by atoms with Gasteiger partial charge in [-0.15, -0.1) is 19.8 Å². The highest BCUT2D eigenvalue weighted by atomic mass is 19.4. The van der Waals surface area contributed by atoms with Crippen LogP contribution in [0.15, 0.2) is 104 Å². The molecule has 0 N–H and O–H groups in total. The van der Waals surface area contributed by atoms with Crippen molar-refractivity contribution in [2.75, 3.05) is 0 Å². The van der Waals surface area contributed by atoms with E-state index in [0.717, 1.165) is 42.7 Å². The normalized spacial score (nSPS) is 11.8. The van der Waals surface area contributed by atoms with E-state index < -0.39 is 64.2 Å². The Labute approximate surface area is 267 Å². The van der Waals surface area contributed by atoms with E-state index in [9.17, 15) is 22.0 Å². The summed E-state index contributed by atoms with van der Waals surface area (Å²) in [6.45, 7) is 3.68. The molecule has 5 aromatic rings. The first-order valence-corrected chi connectivity index (χ1v) is 14.1. The van der Waals surface area contributed by atoms with Gasteiger partial charge in [-0.1, -0.05) is 48.5 Å². The standard InChI is InChI=1S/C36H22F10O2/c1-2-3-4-20-5-7-21(8-6-20)22-9-12-27(28(37)15-22)24-17-31(40)34(32(41)18-24)35(42,43)47-25-11-13-26(29(38)19-25)23-10-14-33(30(39)16-23)48-36(44,45)46/h2,5-19H,1,3-4H2. The molecule has 5 rings (SSSR count). The summed E-state index contributed by atoms with van der Waals surface area (Å²) < 4.78 is 149. The van der Waals surface area contributed by atoms with Crippen LogP contribution in [0.2, 0.25) is 0 Å². The largest absolute Gasteiger partial charge is 0.573 e. The lowest BCUT2D eigenvalue weighted by Crippen LogP contribution is -2.25. The first kappa shape index (κ1) is 34.1. The van der Waals surface area contributed by atoms with Crippen molar-refractivity contribution in [1.82, 2.24) is 0 Å². The van der Waals surface area contributed by atoms with Crippen molar-refractivity contribution >= 4 is 0 Å². The first-order chi connectivity index (χ1) is 22.6. The number of ether oxygens (including phenoxy) is 2. The monoisotopic (exact) mass is 676 g/mol. The summed E-state index contributed by atoms with van der Waals surface area (Å²) in [5.74, 6) is -9.24. The van der Waals surface area contributed by atoms with Gasteiger partial charge in [-0.25, -0.2) is 22.0 Å². The molecular formula is C36H22F10O2. The van der Waals surface area contributed by atoms with Gasteiger partial charge in [-0.05, 0) is 83.1 Å². The molecule has 12 heteroatoms. The van der Waals surface area contributed by atoms with Crippen molar-refractivity contribution in [3.8, 4) is 44.9 Å². The third kappa shape index (κ3) is 7.64. The highest BCUT2D eigenvalue weighted by Crippen LogP contribution is 2.39. The smallest absolute Gasteiger partial charge is 0.429 e. The lowest BCUT2D eigenvalue weighted by Gasteiger charge is -2.20. The lowest BCUT2D eigenvalue weighted by molar-refractivity contribution is -0.275. The van der Waals surface area contributed by atoms with Crippen LogP contribution in [0.1, 0.15) is 17.5 Å². The van der Waals surface area contributed by atoms with E-state index in [1.807, 2.05) is 12.1 Å². The number of aryl methyl sites for hydroxylation is 1. The fourth-order valence-electron chi connectivity index (χ4n) is 4.94. The third-order valence-corrected chi connectivity index (χ3v) is 7.19. The molecule has 0 saturated carbocycles. The Hall–Kier alpha value is -5.26. The predicted molar refractivity (Wildman–Crippen MR) is 159 cm³/mol. The molecule has 48 heavy (non-hydrogen) atoms. The number of hydrogen-bond donors (Lipinski definition) is 0. The number of rotatable bonds is 10. The summed E-state index contributed by atoms with van der Waals surface area (Å²) in [6, 6.07) is 16.3. The summed E-state index contributed by atoms with van der Waals surface area (Å²) in [6.07, 6.45) is -6.52. The van der Waals surface area contributed by atoms with E-state index in [2.05, 4.69) is 16.1 Å². The zero-order chi connectivity index (χ0) is 34.8. The molecule has 2 nitrogen and oxygen atoms in total. The van der Waals surface area contributed by atoms with Crippen molar-refractivity contribution in [2.24, 2.45) is 0 Å². The zero-order valence-corrected chi connectivity index (χ0v) is 24.5. The van der Waals surface area contributed by atoms with Crippen LogP contribution in [0.3, 0.4) is 0 Å². The van der Waals surface area contributed by atoms with E-state index >= 15 is 22.0 Å². The van der Waals surface area contributed by atoms with Crippen molar-refractivity contribution in [3.05, 3.63) is 144 Å². The van der Waals surface area contributed by atoms with E-state index in [-0.39, 0.29) is 16.7 Å². The molecule has 0 saturated heterocycles. The van der Waals surface area contributed by atoms with Gasteiger partial charge in [-0.3, -0.25) is 0 Å². The third-order valence-electron chi connectivity index (χ3n) is 7.19. The highest BCUT2D eigenvalue weighted by Gasteiger charge is 2.41. The van der Waals surface area contributed by atoms with Gasteiger partial charge in [0.05, 0.1) is 0 Å². The molecular weight excluding hydrogens is 654 g/mol. The molecule has 0 aliphatic rings. The minimum Gasteiger partial charge on any atom is -0.429 e. The fraction of sp³-hybridized carbons (Fsp3) is 0.111. The van der Waals surface area contributed by atoms with Crippen LogP contribution in [-0.4, -0.2) is 6.36 Å². The van der Waals surface area contributed by atoms with Gasteiger partial charge in [0.2, 0.25) is 0 Å². The molecule has 0 amide bonds. The average Bonchev–Trinajstić information content (AvgIpc) is 3.00. The van der Waals surface area contributed by atoms with Crippen LogP contribution in [0.25, 0.3) is 33.4 Å². The van der Waals surface area contributed by atoms with Crippen molar-refractivity contribution in [2.45, 2.75) is 25.3 Å². The fourth-order valence-corrected chi connectivity index (χ4v) is 4.94. The van der Waals surface area contributed by atoms with Crippen molar-refractivity contribution < 1.29 is 53.4 Å². The number of alkyl halides is 5. The van der Waals surface area contributed by atoms with Crippen LogP contribution < -0.4 is 9.47 Å². The number of hydrogen-bond acceptors (Lipinski definition) is 2. The maximum atomic E-state index is 15.1. The Morgan fingerprint density at radius 1 is 0.542 bits per heavy atom. The van der Waals surface area contributed by atoms with E-state index in [1.54, 1.807) is 18.2 Å². The molecule has 0 aromatic heterocycles. The van der Waals surface area contributed by atoms with Crippen LogP contribution in [-0.2, 0) is 12.5 Å². The summed E-state index contributed by atoms with van der Waals surface area (Å²) in [5.41, 5.74) is -0.955. The topological polar surface area (TPSA) is 18.5 Å².